The Hall–Kier alpha value is -1.28. The number of aromatic hydroxyl groups is 1. The minimum absolute atomic E-state index is 0.135. The molecule has 2 nitrogen and oxygen atoms in total. The summed E-state index contributed by atoms with van der Waals surface area (Å²) in [6.07, 6.45) is 2.56. The highest BCUT2D eigenvalue weighted by molar-refractivity contribution is 5.30. The van der Waals surface area contributed by atoms with Crippen molar-refractivity contribution in [2.24, 2.45) is 23.7 Å². The molecule has 1 aromatic rings. The van der Waals surface area contributed by atoms with Crippen LogP contribution in [-0.2, 0) is 4.74 Å². The third-order valence-corrected chi connectivity index (χ3v) is 4.98. The first-order valence-electron chi connectivity index (χ1n) is 7.16. The second-order valence-electron chi connectivity index (χ2n) is 6.16. The largest absolute Gasteiger partial charge is 0.508 e. The zero-order valence-electron chi connectivity index (χ0n) is 11.8. The van der Waals surface area contributed by atoms with Crippen LogP contribution in [0.4, 0.5) is 0 Å². The Labute approximate surface area is 115 Å². The molecule has 19 heavy (non-hydrogen) atoms. The van der Waals surface area contributed by atoms with E-state index < -0.39 is 0 Å². The SMILES string of the molecule is CC1=C[C@H](C)[C@H]2CO[C@H](c3ccc(O)cc3)[C@@H]1[C@@H]2C. The number of benzene rings is 1. The van der Waals surface area contributed by atoms with Gasteiger partial charge in [0.1, 0.15) is 5.75 Å². The molecule has 0 amide bonds. The molecule has 0 unspecified atom stereocenters. The van der Waals surface area contributed by atoms with Crippen LogP contribution in [0.3, 0.4) is 0 Å². The number of ether oxygens (including phenoxy) is 1. The van der Waals surface area contributed by atoms with Crippen LogP contribution in [0.25, 0.3) is 0 Å². The van der Waals surface area contributed by atoms with E-state index in [1.54, 1.807) is 12.1 Å². The monoisotopic (exact) mass is 258 g/mol. The Bertz CT molecular complexity index is 488. The average molecular weight is 258 g/mol. The summed E-state index contributed by atoms with van der Waals surface area (Å²) in [6, 6.07) is 7.47. The van der Waals surface area contributed by atoms with Gasteiger partial charge in [0.05, 0.1) is 12.7 Å². The fourth-order valence-corrected chi connectivity index (χ4v) is 3.91. The number of rotatable bonds is 1. The molecule has 1 aromatic carbocycles. The van der Waals surface area contributed by atoms with Gasteiger partial charge < -0.3 is 9.84 Å². The van der Waals surface area contributed by atoms with E-state index in [1.165, 1.54) is 11.1 Å². The number of allylic oxidation sites excluding steroid dienone is 1. The van der Waals surface area contributed by atoms with Crippen LogP contribution >= 0.6 is 0 Å². The Balaban J connectivity index is 1.96. The topological polar surface area (TPSA) is 29.5 Å². The number of hydrogen-bond donors (Lipinski definition) is 1. The first kappa shape index (κ1) is 12.7. The average Bonchev–Trinajstić information content (AvgIpc) is 2.37. The summed E-state index contributed by atoms with van der Waals surface area (Å²) in [5.41, 5.74) is 2.63. The van der Waals surface area contributed by atoms with Gasteiger partial charge in [0, 0.05) is 5.92 Å². The molecule has 102 valence electrons. The van der Waals surface area contributed by atoms with Crippen LogP contribution in [0.5, 0.6) is 5.75 Å². The van der Waals surface area contributed by atoms with Crippen LogP contribution < -0.4 is 0 Å². The second-order valence-corrected chi connectivity index (χ2v) is 6.16. The fraction of sp³-hybridized carbons (Fsp3) is 0.529. The molecule has 1 N–H and O–H groups in total. The quantitative estimate of drug-likeness (QED) is 0.773. The summed E-state index contributed by atoms with van der Waals surface area (Å²) in [4.78, 5) is 0. The third-order valence-electron chi connectivity index (χ3n) is 4.98. The van der Waals surface area contributed by atoms with Crippen LogP contribution in [-0.4, -0.2) is 11.7 Å². The van der Waals surface area contributed by atoms with Gasteiger partial charge >= 0.3 is 0 Å². The normalized spacial score (nSPS) is 37.8. The zero-order valence-corrected chi connectivity index (χ0v) is 11.8. The lowest BCUT2D eigenvalue weighted by Crippen LogP contribution is -2.42. The molecule has 0 spiro atoms. The van der Waals surface area contributed by atoms with Gasteiger partial charge in [-0.15, -0.1) is 0 Å². The second kappa shape index (κ2) is 4.68. The molecule has 1 aliphatic carbocycles. The molecule has 5 atom stereocenters. The number of phenols is 1. The molecule has 1 aliphatic heterocycles. The first-order valence-corrected chi connectivity index (χ1v) is 7.16. The molecule has 0 radical (unpaired) electrons. The lowest BCUT2D eigenvalue weighted by molar-refractivity contribution is -0.0934. The van der Waals surface area contributed by atoms with Crippen LogP contribution in [0.1, 0.15) is 32.4 Å². The first-order chi connectivity index (χ1) is 9.08. The van der Waals surface area contributed by atoms with Gasteiger partial charge in [0.25, 0.3) is 0 Å². The number of hydrogen-bond acceptors (Lipinski definition) is 2. The van der Waals surface area contributed by atoms with E-state index in [0.29, 0.717) is 29.4 Å². The van der Waals surface area contributed by atoms with E-state index in [-0.39, 0.29) is 6.10 Å². The predicted octanol–water partition coefficient (Wildman–Crippen LogP) is 3.93. The molecular formula is C17H22O2. The fourth-order valence-electron chi connectivity index (χ4n) is 3.91. The highest BCUT2D eigenvalue weighted by atomic mass is 16.5. The van der Waals surface area contributed by atoms with Gasteiger partial charge in [-0.25, -0.2) is 0 Å². The van der Waals surface area contributed by atoms with Crippen molar-refractivity contribution in [3.8, 4) is 5.75 Å². The van der Waals surface area contributed by atoms with Gasteiger partial charge in [0.15, 0.2) is 0 Å². The molecule has 2 bridgehead atoms. The smallest absolute Gasteiger partial charge is 0.115 e. The molecule has 3 rings (SSSR count). The number of fused-ring (bicyclic) bond motifs is 2. The molecule has 2 aliphatic rings. The van der Waals surface area contributed by atoms with Crippen molar-refractivity contribution in [2.75, 3.05) is 6.61 Å². The van der Waals surface area contributed by atoms with E-state index in [4.69, 9.17) is 4.74 Å². The van der Waals surface area contributed by atoms with E-state index in [1.807, 2.05) is 12.1 Å². The van der Waals surface area contributed by atoms with Gasteiger partial charge in [-0.3, -0.25) is 0 Å². The van der Waals surface area contributed by atoms with Crippen molar-refractivity contribution in [2.45, 2.75) is 26.9 Å². The maximum absolute atomic E-state index is 9.42. The highest BCUT2D eigenvalue weighted by Crippen LogP contribution is 2.49. The lowest BCUT2D eigenvalue weighted by Gasteiger charge is -2.47. The lowest BCUT2D eigenvalue weighted by atomic mass is 9.64. The molecule has 0 aromatic heterocycles. The maximum Gasteiger partial charge on any atom is 0.115 e. The van der Waals surface area contributed by atoms with Gasteiger partial charge in [-0.2, -0.15) is 0 Å². The van der Waals surface area contributed by atoms with Crippen molar-refractivity contribution < 1.29 is 9.84 Å². The summed E-state index contributed by atoms with van der Waals surface area (Å²) >= 11 is 0. The highest BCUT2D eigenvalue weighted by Gasteiger charge is 2.43. The Morgan fingerprint density at radius 3 is 2.53 bits per heavy atom. The maximum atomic E-state index is 9.42. The van der Waals surface area contributed by atoms with Gasteiger partial charge in [-0.05, 0) is 42.4 Å². The van der Waals surface area contributed by atoms with Gasteiger partial charge in [0.2, 0.25) is 0 Å². The molecule has 1 saturated heterocycles. The molecule has 1 heterocycles. The van der Waals surface area contributed by atoms with Crippen LogP contribution in [0, 0.1) is 23.7 Å². The van der Waals surface area contributed by atoms with Gasteiger partial charge in [-0.1, -0.05) is 37.6 Å². The Kier molecular flexibility index (Phi) is 3.14. The van der Waals surface area contributed by atoms with Crippen molar-refractivity contribution >= 4 is 0 Å². The van der Waals surface area contributed by atoms with E-state index in [2.05, 4.69) is 26.8 Å². The minimum atomic E-state index is 0.135. The van der Waals surface area contributed by atoms with Crippen molar-refractivity contribution in [3.63, 3.8) is 0 Å². The Morgan fingerprint density at radius 2 is 1.84 bits per heavy atom. The summed E-state index contributed by atoms with van der Waals surface area (Å²) in [5.74, 6) is 2.70. The van der Waals surface area contributed by atoms with Crippen LogP contribution in [0.15, 0.2) is 35.9 Å². The third kappa shape index (κ3) is 2.08. The summed E-state index contributed by atoms with van der Waals surface area (Å²) in [6.45, 7) is 7.73. The summed E-state index contributed by atoms with van der Waals surface area (Å²) < 4.78 is 6.16. The summed E-state index contributed by atoms with van der Waals surface area (Å²) in [5, 5.41) is 9.42. The predicted molar refractivity (Wildman–Crippen MR) is 75.9 cm³/mol. The van der Waals surface area contributed by atoms with E-state index in [0.717, 1.165) is 6.61 Å². The number of phenolic OH excluding ortho intramolecular Hbond substituents is 1. The van der Waals surface area contributed by atoms with E-state index >= 15 is 0 Å². The van der Waals surface area contributed by atoms with Crippen molar-refractivity contribution in [3.05, 3.63) is 41.5 Å². The van der Waals surface area contributed by atoms with Crippen molar-refractivity contribution in [1.29, 1.82) is 0 Å². The Morgan fingerprint density at radius 1 is 1.16 bits per heavy atom. The van der Waals surface area contributed by atoms with Crippen molar-refractivity contribution in [1.82, 2.24) is 0 Å². The van der Waals surface area contributed by atoms with E-state index in [9.17, 15) is 5.11 Å². The zero-order chi connectivity index (χ0) is 13.6. The molecule has 2 heteroatoms. The molecule has 1 fully saturated rings. The standard InChI is InChI=1S/C17H22O2/c1-10-8-11(2)16-12(3)15(10)9-19-17(16)13-4-6-14(18)7-5-13/h4-8,10,12,15-18H,9H2,1-3H3/t10-,12+,15+,16-,17+/m0/s1. The minimum Gasteiger partial charge on any atom is -0.508 e. The molecule has 0 saturated carbocycles. The van der Waals surface area contributed by atoms with Crippen LogP contribution in [0.2, 0.25) is 0 Å². The molecular weight excluding hydrogens is 236 g/mol. The summed E-state index contributed by atoms with van der Waals surface area (Å²) in [7, 11) is 0.